The zero-order valence-corrected chi connectivity index (χ0v) is 14.8. The highest BCUT2D eigenvalue weighted by molar-refractivity contribution is 6.32. The van der Waals surface area contributed by atoms with Gasteiger partial charge in [-0.3, -0.25) is 9.48 Å². The average Bonchev–Trinajstić information content (AvgIpc) is 3.23. The van der Waals surface area contributed by atoms with Gasteiger partial charge in [-0.05, 0) is 25.1 Å². The zero-order chi connectivity index (χ0) is 18.7. The lowest BCUT2D eigenvalue weighted by Gasteiger charge is -2.10. The molecule has 1 N–H and O–H groups in total. The first-order valence-corrected chi connectivity index (χ1v) is 8.12. The average molecular weight is 379 g/mol. The van der Waals surface area contributed by atoms with E-state index in [1.807, 2.05) is 13.1 Å². The SMILES string of the molecule is CC(NC(=O)c1coc(COc2ccc(F)cc2Cl)n1)c1cnn(C)c1. The van der Waals surface area contributed by atoms with Gasteiger partial charge in [0, 0.05) is 18.8 Å². The Morgan fingerprint density at radius 3 is 3.00 bits per heavy atom. The number of ether oxygens (including phenoxy) is 1. The van der Waals surface area contributed by atoms with Gasteiger partial charge in [0.1, 0.15) is 17.8 Å². The largest absolute Gasteiger partial charge is 0.482 e. The number of nitrogens with zero attached hydrogens (tertiary/aromatic N) is 3. The molecule has 0 saturated heterocycles. The Balaban J connectivity index is 1.59. The van der Waals surface area contributed by atoms with Gasteiger partial charge in [-0.25, -0.2) is 9.37 Å². The molecule has 3 rings (SSSR count). The van der Waals surface area contributed by atoms with Crippen LogP contribution in [0.1, 0.15) is 34.9 Å². The van der Waals surface area contributed by atoms with Gasteiger partial charge in [-0.15, -0.1) is 0 Å². The van der Waals surface area contributed by atoms with Crippen LogP contribution in [0.3, 0.4) is 0 Å². The number of amides is 1. The van der Waals surface area contributed by atoms with Crippen molar-refractivity contribution in [3.8, 4) is 5.75 Å². The molecule has 0 aliphatic heterocycles. The molecule has 1 amide bonds. The Kier molecular flexibility index (Phi) is 5.22. The molecular formula is C17H16ClFN4O3. The number of aromatic nitrogens is 3. The number of benzene rings is 1. The molecule has 3 aromatic rings. The van der Waals surface area contributed by atoms with Crippen molar-refractivity contribution in [2.45, 2.75) is 19.6 Å². The lowest BCUT2D eigenvalue weighted by Crippen LogP contribution is -2.26. The number of carbonyl (C=O) groups is 1. The zero-order valence-electron chi connectivity index (χ0n) is 14.1. The molecule has 2 heterocycles. The van der Waals surface area contributed by atoms with Gasteiger partial charge in [0.15, 0.2) is 12.3 Å². The summed E-state index contributed by atoms with van der Waals surface area (Å²) in [6.45, 7) is 1.80. The molecule has 0 bridgehead atoms. The summed E-state index contributed by atoms with van der Waals surface area (Å²) in [5.41, 5.74) is 1.00. The summed E-state index contributed by atoms with van der Waals surface area (Å²) in [6, 6.07) is 3.55. The maximum Gasteiger partial charge on any atom is 0.273 e. The lowest BCUT2D eigenvalue weighted by molar-refractivity contribution is 0.0934. The maximum atomic E-state index is 13.0. The second-order valence-electron chi connectivity index (χ2n) is 5.63. The summed E-state index contributed by atoms with van der Waals surface area (Å²) in [4.78, 5) is 16.3. The van der Waals surface area contributed by atoms with E-state index in [9.17, 15) is 9.18 Å². The van der Waals surface area contributed by atoms with E-state index in [0.717, 1.165) is 11.6 Å². The van der Waals surface area contributed by atoms with Crippen LogP contribution in [0.4, 0.5) is 4.39 Å². The second kappa shape index (κ2) is 7.57. The molecule has 1 aromatic carbocycles. The number of hydrogen-bond donors (Lipinski definition) is 1. The molecule has 0 spiro atoms. The fourth-order valence-electron chi connectivity index (χ4n) is 2.23. The molecule has 1 atom stereocenters. The second-order valence-corrected chi connectivity index (χ2v) is 6.04. The molecule has 7 nitrogen and oxygen atoms in total. The van der Waals surface area contributed by atoms with Gasteiger partial charge in [-0.1, -0.05) is 11.6 Å². The van der Waals surface area contributed by atoms with Crippen LogP contribution >= 0.6 is 11.6 Å². The van der Waals surface area contributed by atoms with Gasteiger partial charge in [0.05, 0.1) is 17.3 Å². The highest BCUT2D eigenvalue weighted by Gasteiger charge is 2.17. The molecule has 2 aromatic heterocycles. The molecule has 9 heteroatoms. The van der Waals surface area contributed by atoms with E-state index in [1.54, 1.807) is 17.9 Å². The quantitative estimate of drug-likeness (QED) is 0.711. The van der Waals surface area contributed by atoms with Crippen LogP contribution < -0.4 is 10.1 Å². The van der Waals surface area contributed by atoms with E-state index < -0.39 is 5.82 Å². The van der Waals surface area contributed by atoms with Gasteiger partial charge in [-0.2, -0.15) is 5.10 Å². The van der Waals surface area contributed by atoms with E-state index >= 15 is 0 Å². The van der Waals surface area contributed by atoms with Gasteiger partial charge >= 0.3 is 0 Å². The number of oxazole rings is 1. The van der Waals surface area contributed by atoms with Crippen LogP contribution in [0.2, 0.25) is 5.02 Å². The Morgan fingerprint density at radius 2 is 2.31 bits per heavy atom. The molecule has 0 aliphatic carbocycles. The number of aryl methyl sites for hydroxylation is 1. The molecule has 1 unspecified atom stereocenters. The number of hydrogen-bond acceptors (Lipinski definition) is 5. The van der Waals surface area contributed by atoms with Crippen LogP contribution in [0, 0.1) is 5.82 Å². The van der Waals surface area contributed by atoms with Crippen LogP contribution in [0.5, 0.6) is 5.75 Å². The van der Waals surface area contributed by atoms with Crippen molar-refractivity contribution < 1.29 is 18.3 Å². The van der Waals surface area contributed by atoms with Crippen molar-refractivity contribution in [3.05, 3.63) is 64.8 Å². The predicted octanol–water partition coefficient (Wildman–Crippen LogP) is 3.27. The van der Waals surface area contributed by atoms with Crippen molar-refractivity contribution in [3.63, 3.8) is 0 Å². The summed E-state index contributed by atoms with van der Waals surface area (Å²) in [7, 11) is 1.80. The number of rotatable bonds is 6. The van der Waals surface area contributed by atoms with Crippen molar-refractivity contribution in [2.24, 2.45) is 7.05 Å². The summed E-state index contributed by atoms with van der Waals surface area (Å²) in [5, 5.41) is 7.02. The third kappa shape index (κ3) is 4.20. The van der Waals surface area contributed by atoms with Crippen molar-refractivity contribution >= 4 is 17.5 Å². The van der Waals surface area contributed by atoms with Crippen LogP contribution in [-0.4, -0.2) is 20.7 Å². The Morgan fingerprint density at radius 1 is 1.50 bits per heavy atom. The highest BCUT2D eigenvalue weighted by atomic mass is 35.5. The topological polar surface area (TPSA) is 82.2 Å². The standard InChI is InChI=1S/C17H16ClFN4O3/c1-10(11-6-20-23(2)7-11)21-17(24)14-8-26-16(22-14)9-25-15-4-3-12(19)5-13(15)18/h3-8,10H,9H2,1-2H3,(H,21,24). The van der Waals surface area contributed by atoms with E-state index in [1.165, 1.54) is 18.4 Å². The lowest BCUT2D eigenvalue weighted by atomic mass is 10.2. The minimum atomic E-state index is -0.458. The van der Waals surface area contributed by atoms with Crippen molar-refractivity contribution in [1.29, 1.82) is 0 Å². The van der Waals surface area contributed by atoms with Gasteiger partial charge in [0.25, 0.3) is 5.91 Å². The third-order valence-electron chi connectivity index (χ3n) is 3.60. The smallest absolute Gasteiger partial charge is 0.273 e. The minimum absolute atomic E-state index is 0.0448. The fourth-order valence-corrected chi connectivity index (χ4v) is 2.45. The van der Waals surface area contributed by atoms with Crippen LogP contribution in [0.25, 0.3) is 0 Å². The summed E-state index contributed by atoms with van der Waals surface area (Å²) < 4.78 is 25.3. The molecule has 26 heavy (non-hydrogen) atoms. The normalized spacial score (nSPS) is 12.0. The summed E-state index contributed by atoms with van der Waals surface area (Å²) >= 11 is 5.88. The summed E-state index contributed by atoms with van der Waals surface area (Å²) in [6.07, 6.45) is 4.75. The first-order chi connectivity index (χ1) is 12.4. The minimum Gasteiger partial charge on any atom is -0.482 e. The fraction of sp³-hybridized carbons (Fsp3) is 0.235. The number of halogens is 2. The molecule has 0 saturated carbocycles. The Bertz CT molecular complexity index is 924. The molecule has 136 valence electrons. The van der Waals surface area contributed by atoms with E-state index in [-0.39, 0.29) is 35.2 Å². The summed E-state index contributed by atoms with van der Waals surface area (Å²) in [5.74, 6) is -0.344. The Labute approximate surface area is 153 Å². The van der Waals surface area contributed by atoms with Crippen LogP contribution in [-0.2, 0) is 13.7 Å². The van der Waals surface area contributed by atoms with E-state index in [4.69, 9.17) is 20.8 Å². The Hall–Kier alpha value is -2.87. The highest BCUT2D eigenvalue weighted by Crippen LogP contribution is 2.25. The van der Waals surface area contributed by atoms with Crippen molar-refractivity contribution in [2.75, 3.05) is 0 Å². The molecule has 0 radical (unpaired) electrons. The number of carbonyl (C=O) groups excluding carboxylic acids is 1. The van der Waals surface area contributed by atoms with E-state index in [2.05, 4.69) is 15.4 Å². The molecular weight excluding hydrogens is 363 g/mol. The monoisotopic (exact) mass is 378 g/mol. The van der Waals surface area contributed by atoms with Crippen LogP contribution in [0.15, 0.2) is 41.3 Å². The van der Waals surface area contributed by atoms with Gasteiger partial charge in [0.2, 0.25) is 5.89 Å². The maximum absolute atomic E-state index is 13.0. The van der Waals surface area contributed by atoms with Gasteiger partial charge < -0.3 is 14.5 Å². The molecule has 0 fully saturated rings. The number of nitrogens with one attached hydrogen (secondary N) is 1. The third-order valence-corrected chi connectivity index (χ3v) is 3.90. The first-order valence-electron chi connectivity index (χ1n) is 7.74. The van der Waals surface area contributed by atoms with Crippen molar-refractivity contribution in [1.82, 2.24) is 20.1 Å². The molecule has 0 aliphatic rings. The van der Waals surface area contributed by atoms with E-state index in [0.29, 0.717) is 5.75 Å². The first kappa shape index (κ1) is 17.9. The predicted molar refractivity (Wildman–Crippen MR) is 91.3 cm³/mol.